The number of nitrogens with one attached hydrogen (secondary N) is 1. The van der Waals surface area contributed by atoms with Gasteiger partial charge in [-0.1, -0.05) is 0 Å². The number of hydrogen-bond donors (Lipinski definition) is 1. The smallest absolute Gasteiger partial charge is 0.277 e. The van der Waals surface area contributed by atoms with Gasteiger partial charge in [0.05, 0.1) is 34.3 Å². The van der Waals surface area contributed by atoms with Crippen molar-refractivity contribution in [1.29, 1.82) is 0 Å². The Morgan fingerprint density at radius 2 is 1.74 bits per heavy atom. The molecule has 3 rings (SSSR count). The zero-order valence-corrected chi connectivity index (χ0v) is 13.9. The zero-order valence-electron chi connectivity index (χ0n) is 13.9. The molecule has 0 spiro atoms. The van der Waals surface area contributed by atoms with Crippen LogP contribution in [0.3, 0.4) is 0 Å². The van der Waals surface area contributed by atoms with Gasteiger partial charge in [-0.05, 0) is 24.3 Å². The average Bonchev–Trinajstić information content (AvgIpc) is 2.67. The van der Waals surface area contributed by atoms with E-state index >= 15 is 0 Å². The van der Waals surface area contributed by atoms with Crippen LogP contribution < -0.4 is 10.1 Å². The van der Waals surface area contributed by atoms with Crippen molar-refractivity contribution in [2.75, 3.05) is 12.4 Å². The first-order valence-corrected chi connectivity index (χ1v) is 7.57. The summed E-state index contributed by atoms with van der Waals surface area (Å²) in [6.07, 6.45) is 1.57. The third kappa shape index (κ3) is 3.49. The van der Waals surface area contributed by atoms with Crippen LogP contribution in [0.4, 0.5) is 17.1 Å². The second kappa shape index (κ2) is 7.04. The molecule has 0 aliphatic carbocycles. The SMILES string of the molecule is COc1ccc(NC(=O)c2cc([N+](=O)[O-])cc([N+](=O)[O-])c2)c2cccnc12. The lowest BCUT2D eigenvalue weighted by atomic mass is 10.1. The van der Waals surface area contributed by atoms with Crippen molar-refractivity contribution in [3.8, 4) is 5.75 Å². The number of aromatic nitrogens is 1. The molecule has 136 valence electrons. The number of methoxy groups -OCH3 is 1. The first kappa shape index (κ1) is 17.7. The molecule has 0 atom stereocenters. The Labute approximate surface area is 151 Å². The molecule has 1 N–H and O–H groups in total. The van der Waals surface area contributed by atoms with Gasteiger partial charge < -0.3 is 10.1 Å². The van der Waals surface area contributed by atoms with Gasteiger partial charge in [-0.3, -0.25) is 30.0 Å². The fourth-order valence-corrected chi connectivity index (χ4v) is 2.55. The van der Waals surface area contributed by atoms with Gasteiger partial charge in [0.1, 0.15) is 11.3 Å². The predicted octanol–water partition coefficient (Wildman–Crippen LogP) is 3.31. The monoisotopic (exact) mass is 368 g/mol. The highest BCUT2D eigenvalue weighted by atomic mass is 16.6. The minimum Gasteiger partial charge on any atom is -0.494 e. The van der Waals surface area contributed by atoms with E-state index in [0.717, 1.165) is 18.2 Å². The number of carbonyl (C=O) groups excluding carboxylic acids is 1. The van der Waals surface area contributed by atoms with Gasteiger partial charge in [0.15, 0.2) is 0 Å². The fourth-order valence-electron chi connectivity index (χ4n) is 2.55. The molecular weight excluding hydrogens is 356 g/mol. The fraction of sp³-hybridized carbons (Fsp3) is 0.0588. The number of carbonyl (C=O) groups is 1. The molecule has 0 saturated heterocycles. The van der Waals surface area contributed by atoms with Crippen molar-refractivity contribution < 1.29 is 19.4 Å². The maximum absolute atomic E-state index is 12.6. The first-order chi connectivity index (χ1) is 12.9. The Morgan fingerprint density at radius 1 is 1.07 bits per heavy atom. The van der Waals surface area contributed by atoms with E-state index in [2.05, 4.69) is 10.3 Å². The molecule has 0 saturated carbocycles. The van der Waals surface area contributed by atoms with Crippen LogP contribution in [-0.4, -0.2) is 27.8 Å². The third-order valence-electron chi connectivity index (χ3n) is 3.79. The zero-order chi connectivity index (χ0) is 19.6. The minimum atomic E-state index is -0.795. The molecule has 0 aliphatic rings. The molecule has 0 radical (unpaired) electrons. The van der Waals surface area contributed by atoms with E-state index in [1.54, 1.807) is 30.5 Å². The van der Waals surface area contributed by atoms with Crippen LogP contribution in [0.25, 0.3) is 10.9 Å². The number of amides is 1. The number of nitro benzene ring substituents is 2. The molecule has 1 heterocycles. The van der Waals surface area contributed by atoms with Crippen LogP contribution in [0.15, 0.2) is 48.7 Å². The summed E-state index contributed by atoms with van der Waals surface area (Å²) < 4.78 is 5.23. The van der Waals surface area contributed by atoms with Gasteiger partial charge in [0.25, 0.3) is 17.3 Å². The molecule has 0 bridgehead atoms. The molecule has 1 aromatic heterocycles. The van der Waals surface area contributed by atoms with Crippen molar-refractivity contribution in [3.63, 3.8) is 0 Å². The number of ether oxygens (including phenoxy) is 1. The Balaban J connectivity index is 2.03. The lowest BCUT2D eigenvalue weighted by Gasteiger charge is -2.11. The molecule has 0 unspecified atom stereocenters. The van der Waals surface area contributed by atoms with Crippen molar-refractivity contribution >= 4 is 33.9 Å². The number of benzene rings is 2. The first-order valence-electron chi connectivity index (χ1n) is 7.57. The average molecular weight is 368 g/mol. The van der Waals surface area contributed by atoms with E-state index in [1.165, 1.54) is 7.11 Å². The molecule has 27 heavy (non-hydrogen) atoms. The highest BCUT2D eigenvalue weighted by Crippen LogP contribution is 2.30. The second-order valence-corrected chi connectivity index (χ2v) is 5.42. The molecule has 10 nitrogen and oxygen atoms in total. The maximum atomic E-state index is 12.6. The third-order valence-corrected chi connectivity index (χ3v) is 3.79. The molecule has 10 heteroatoms. The van der Waals surface area contributed by atoms with E-state index in [1.807, 2.05) is 0 Å². The summed E-state index contributed by atoms with van der Waals surface area (Å²) in [6, 6.07) is 9.35. The number of pyridine rings is 1. The molecule has 1 amide bonds. The highest BCUT2D eigenvalue weighted by molar-refractivity contribution is 6.10. The van der Waals surface area contributed by atoms with E-state index in [-0.39, 0.29) is 5.56 Å². The van der Waals surface area contributed by atoms with Crippen molar-refractivity contribution in [3.05, 3.63) is 74.5 Å². The number of nitro groups is 2. The van der Waals surface area contributed by atoms with Gasteiger partial charge in [-0.2, -0.15) is 0 Å². The van der Waals surface area contributed by atoms with Gasteiger partial charge in [0, 0.05) is 23.7 Å². The normalized spacial score (nSPS) is 10.4. The Kier molecular flexibility index (Phi) is 4.62. The van der Waals surface area contributed by atoms with Crippen LogP contribution in [0.2, 0.25) is 0 Å². The summed E-state index contributed by atoms with van der Waals surface area (Å²) in [7, 11) is 1.49. The second-order valence-electron chi connectivity index (χ2n) is 5.42. The van der Waals surface area contributed by atoms with Crippen molar-refractivity contribution in [2.24, 2.45) is 0 Å². The van der Waals surface area contributed by atoms with Gasteiger partial charge in [0.2, 0.25) is 0 Å². The van der Waals surface area contributed by atoms with Gasteiger partial charge >= 0.3 is 0 Å². The molecular formula is C17H12N4O6. The summed E-state index contributed by atoms with van der Waals surface area (Å²) >= 11 is 0. The number of non-ortho nitro benzene ring substituents is 2. The van der Waals surface area contributed by atoms with E-state index in [4.69, 9.17) is 4.74 Å². The minimum absolute atomic E-state index is 0.205. The van der Waals surface area contributed by atoms with Crippen molar-refractivity contribution in [1.82, 2.24) is 4.98 Å². The molecule has 2 aromatic carbocycles. The topological polar surface area (TPSA) is 138 Å². The van der Waals surface area contributed by atoms with Crippen LogP contribution in [0.5, 0.6) is 5.75 Å². The van der Waals surface area contributed by atoms with Crippen LogP contribution in [0.1, 0.15) is 10.4 Å². The summed E-state index contributed by atoms with van der Waals surface area (Å²) in [5.41, 5.74) is -0.393. The summed E-state index contributed by atoms with van der Waals surface area (Å²) in [4.78, 5) is 37.1. The summed E-state index contributed by atoms with van der Waals surface area (Å²) in [6.45, 7) is 0. The van der Waals surface area contributed by atoms with E-state index in [0.29, 0.717) is 22.3 Å². The van der Waals surface area contributed by atoms with E-state index in [9.17, 15) is 25.0 Å². The summed E-state index contributed by atoms with van der Waals surface area (Å²) in [5, 5.41) is 25.2. The Morgan fingerprint density at radius 3 is 2.33 bits per heavy atom. The molecule has 0 fully saturated rings. The number of anilines is 1. The lowest BCUT2D eigenvalue weighted by Crippen LogP contribution is -2.13. The van der Waals surface area contributed by atoms with E-state index < -0.39 is 27.1 Å². The summed E-state index contributed by atoms with van der Waals surface area (Å²) in [5.74, 6) is -0.216. The standard InChI is InChI=1S/C17H12N4O6/c1-27-15-5-4-14(13-3-2-6-18-16(13)15)19-17(22)10-7-11(20(23)24)9-12(8-10)21(25)26/h2-9H,1H3,(H,19,22). The maximum Gasteiger partial charge on any atom is 0.277 e. The number of nitrogens with zero attached hydrogens (tertiary/aromatic N) is 3. The number of hydrogen-bond acceptors (Lipinski definition) is 7. The number of fused-ring (bicyclic) bond motifs is 1. The molecule has 0 aliphatic heterocycles. The van der Waals surface area contributed by atoms with Crippen LogP contribution >= 0.6 is 0 Å². The lowest BCUT2D eigenvalue weighted by molar-refractivity contribution is -0.394. The Bertz CT molecular complexity index is 1050. The van der Waals surface area contributed by atoms with Crippen LogP contribution in [0, 0.1) is 20.2 Å². The quantitative estimate of drug-likeness (QED) is 0.538. The predicted molar refractivity (Wildman–Crippen MR) is 96.0 cm³/mol. The molecule has 3 aromatic rings. The van der Waals surface area contributed by atoms with Crippen LogP contribution in [-0.2, 0) is 0 Å². The number of rotatable bonds is 5. The largest absolute Gasteiger partial charge is 0.494 e. The Hall–Kier alpha value is -4.08. The highest BCUT2D eigenvalue weighted by Gasteiger charge is 2.20. The van der Waals surface area contributed by atoms with Gasteiger partial charge in [-0.15, -0.1) is 0 Å². The van der Waals surface area contributed by atoms with Gasteiger partial charge in [-0.25, -0.2) is 0 Å². The van der Waals surface area contributed by atoms with Crippen molar-refractivity contribution in [2.45, 2.75) is 0 Å².